The Morgan fingerprint density at radius 2 is 1.92 bits per heavy atom. The Labute approximate surface area is 89.5 Å². The van der Waals surface area contributed by atoms with Gasteiger partial charge >= 0.3 is 0 Å². The fourth-order valence-electron chi connectivity index (χ4n) is 0.402. The molecule has 1 aromatic heterocycles. The summed E-state index contributed by atoms with van der Waals surface area (Å²) < 4.78 is 21.1. The van der Waals surface area contributed by atoms with Crippen molar-refractivity contribution in [2.45, 2.75) is 4.21 Å². The number of hydrogen-bond donors (Lipinski definition) is 0. The van der Waals surface area contributed by atoms with Gasteiger partial charge in [0.05, 0.1) is 5.34 Å². The average Bonchev–Trinajstić information content (AvgIpc) is 2.36. The summed E-state index contributed by atoms with van der Waals surface area (Å²) in [6.45, 7) is 0. The second-order valence-corrected chi connectivity index (χ2v) is 6.02. The Bertz CT molecular complexity index is 293. The summed E-state index contributed by atoms with van der Waals surface area (Å²) in [4.78, 5) is 0. The van der Waals surface area contributed by atoms with E-state index in [1.165, 1.54) is 6.07 Å². The van der Waals surface area contributed by atoms with Crippen molar-refractivity contribution in [2.24, 2.45) is 0 Å². The molecule has 2 nitrogen and oxygen atoms in total. The van der Waals surface area contributed by atoms with Crippen molar-refractivity contribution in [1.82, 2.24) is 0 Å². The third-order valence-corrected chi connectivity index (χ3v) is 3.73. The molecule has 1 rings (SSSR count). The number of rotatable bonds is 1. The molecule has 0 aliphatic rings. The van der Waals surface area contributed by atoms with E-state index in [1.807, 2.05) is 0 Å². The minimum Gasteiger partial charge on any atom is -0.206 e. The van der Waals surface area contributed by atoms with Crippen LogP contribution in [-0.4, -0.2) is 13.8 Å². The summed E-state index contributed by atoms with van der Waals surface area (Å²) in [5.41, 5.74) is 0. The SMILES string of the molecule is ClCCl.O=S(=O)(Cl)c1cccs1. The summed E-state index contributed by atoms with van der Waals surface area (Å²) in [6, 6.07) is 3.10. The van der Waals surface area contributed by atoms with E-state index in [0.29, 0.717) is 0 Å². The van der Waals surface area contributed by atoms with Crippen molar-refractivity contribution in [1.29, 1.82) is 0 Å². The van der Waals surface area contributed by atoms with E-state index >= 15 is 0 Å². The highest BCUT2D eigenvalue weighted by molar-refractivity contribution is 8.15. The maximum absolute atomic E-state index is 10.5. The van der Waals surface area contributed by atoms with E-state index in [1.54, 1.807) is 11.4 Å². The van der Waals surface area contributed by atoms with Crippen LogP contribution in [0.25, 0.3) is 0 Å². The third-order valence-electron chi connectivity index (χ3n) is 0.735. The van der Waals surface area contributed by atoms with Crippen LogP contribution in [0.2, 0.25) is 0 Å². The van der Waals surface area contributed by atoms with Crippen molar-refractivity contribution < 1.29 is 8.42 Å². The molecule has 1 aromatic rings. The molecule has 0 saturated heterocycles. The molecule has 0 radical (unpaired) electrons. The molecule has 0 aromatic carbocycles. The maximum Gasteiger partial charge on any atom is 0.270 e. The van der Waals surface area contributed by atoms with Gasteiger partial charge in [0.25, 0.3) is 9.05 Å². The van der Waals surface area contributed by atoms with Crippen molar-refractivity contribution >= 4 is 54.3 Å². The Morgan fingerprint density at radius 1 is 1.42 bits per heavy atom. The molecule has 7 heteroatoms. The predicted octanol–water partition coefficient (Wildman–Crippen LogP) is 3.10. The minimum absolute atomic E-state index is 0.194. The van der Waals surface area contributed by atoms with Crippen molar-refractivity contribution in [3.63, 3.8) is 0 Å². The summed E-state index contributed by atoms with van der Waals surface area (Å²) in [7, 11) is 1.51. The third kappa shape index (κ3) is 5.22. The first-order valence-electron chi connectivity index (χ1n) is 2.62. The van der Waals surface area contributed by atoms with Crippen molar-refractivity contribution in [2.75, 3.05) is 5.34 Å². The van der Waals surface area contributed by atoms with Crippen LogP contribution >= 0.6 is 45.2 Å². The molecule has 12 heavy (non-hydrogen) atoms. The molecule has 0 N–H and O–H groups in total. The monoisotopic (exact) mass is 266 g/mol. The second-order valence-electron chi connectivity index (χ2n) is 1.47. The molecule has 70 valence electrons. The molecule has 1 heterocycles. The van der Waals surface area contributed by atoms with E-state index in [4.69, 9.17) is 33.9 Å². The van der Waals surface area contributed by atoms with Gasteiger partial charge in [-0.05, 0) is 11.4 Å². The van der Waals surface area contributed by atoms with Crippen LogP contribution in [0.5, 0.6) is 0 Å². The maximum atomic E-state index is 10.5. The van der Waals surface area contributed by atoms with Gasteiger partial charge in [-0.1, -0.05) is 6.07 Å². The van der Waals surface area contributed by atoms with Crippen LogP contribution in [0.4, 0.5) is 0 Å². The highest BCUT2D eigenvalue weighted by Gasteiger charge is 2.08. The number of alkyl halides is 2. The van der Waals surface area contributed by atoms with Crippen LogP contribution in [0.1, 0.15) is 0 Å². The Kier molecular flexibility index (Phi) is 6.31. The van der Waals surface area contributed by atoms with Crippen molar-refractivity contribution in [3.8, 4) is 0 Å². The van der Waals surface area contributed by atoms with Gasteiger partial charge in [-0.25, -0.2) is 8.42 Å². The molecule has 0 bridgehead atoms. The standard InChI is InChI=1S/C4H3ClO2S2.CH2Cl2/c5-9(6,7)4-2-1-3-8-4;2-1-3/h1-3H;1H2. The second kappa shape index (κ2) is 6.05. The highest BCUT2D eigenvalue weighted by Crippen LogP contribution is 2.19. The molecular weight excluding hydrogens is 263 g/mol. The molecule has 0 aliphatic heterocycles. The molecule has 0 saturated carbocycles. The summed E-state index contributed by atoms with van der Waals surface area (Å²) in [6.07, 6.45) is 0. The topological polar surface area (TPSA) is 34.1 Å². The van der Waals surface area contributed by atoms with Crippen LogP contribution in [-0.2, 0) is 9.05 Å². The first-order chi connectivity index (χ1) is 5.52. The van der Waals surface area contributed by atoms with E-state index in [0.717, 1.165) is 11.3 Å². The summed E-state index contributed by atoms with van der Waals surface area (Å²) in [5.74, 6) is 0. The lowest BCUT2D eigenvalue weighted by atomic mass is 10.7. The number of thiophene rings is 1. The molecule has 0 amide bonds. The zero-order chi connectivity index (χ0) is 9.61. The highest BCUT2D eigenvalue weighted by atomic mass is 35.7. The Hall–Kier alpha value is 0.520. The van der Waals surface area contributed by atoms with Gasteiger partial charge in [-0.2, -0.15) is 0 Å². The summed E-state index contributed by atoms with van der Waals surface area (Å²) >= 11 is 10.6. The average molecular weight is 268 g/mol. The summed E-state index contributed by atoms with van der Waals surface area (Å²) in [5, 5.41) is 1.86. The van der Waals surface area contributed by atoms with Crippen LogP contribution in [0.3, 0.4) is 0 Å². The van der Waals surface area contributed by atoms with Gasteiger partial charge in [0.15, 0.2) is 0 Å². The zero-order valence-electron chi connectivity index (χ0n) is 5.71. The fraction of sp³-hybridized carbons (Fsp3) is 0.200. The lowest BCUT2D eigenvalue weighted by Gasteiger charge is -1.82. The quantitative estimate of drug-likeness (QED) is 0.579. The number of halogens is 3. The first-order valence-corrected chi connectivity index (χ1v) is 6.88. The first kappa shape index (κ1) is 12.5. The Morgan fingerprint density at radius 3 is 2.08 bits per heavy atom. The molecule has 0 atom stereocenters. The molecular formula is C5H5Cl3O2S2. The largest absolute Gasteiger partial charge is 0.270 e. The van der Waals surface area contributed by atoms with E-state index in [-0.39, 0.29) is 9.55 Å². The van der Waals surface area contributed by atoms with Gasteiger partial charge in [0, 0.05) is 10.7 Å². The van der Waals surface area contributed by atoms with Gasteiger partial charge < -0.3 is 0 Å². The zero-order valence-corrected chi connectivity index (χ0v) is 9.61. The molecule has 0 spiro atoms. The van der Waals surface area contributed by atoms with E-state index < -0.39 is 9.05 Å². The van der Waals surface area contributed by atoms with Gasteiger partial charge in [-0.15, -0.1) is 34.5 Å². The minimum atomic E-state index is -3.47. The van der Waals surface area contributed by atoms with E-state index in [9.17, 15) is 8.42 Å². The Balaban J connectivity index is 0.000000354. The normalized spacial score (nSPS) is 10.2. The van der Waals surface area contributed by atoms with Gasteiger partial charge in [0.2, 0.25) is 0 Å². The van der Waals surface area contributed by atoms with Gasteiger partial charge in [-0.3, -0.25) is 0 Å². The fourth-order valence-corrected chi connectivity index (χ4v) is 2.20. The van der Waals surface area contributed by atoms with Gasteiger partial charge in [0.1, 0.15) is 4.21 Å². The van der Waals surface area contributed by atoms with Crippen LogP contribution < -0.4 is 0 Å². The lowest BCUT2D eigenvalue weighted by Crippen LogP contribution is -1.82. The number of hydrogen-bond acceptors (Lipinski definition) is 3. The molecule has 0 unspecified atom stereocenters. The van der Waals surface area contributed by atoms with E-state index in [2.05, 4.69) is 0 Å². The smallest absolute Gasteiger partial charge is 0.206 e. The van der Waals surface area contributed by atoms with Crippen molar-refractivity contribution in [3.05, 3.63) is 17.5 Å². The van der Waals surface area contributed by atoms with Crippen LogP contribution in [0.15, 0.2) is 21.7 Å². The molecule has 0 aliphatic carbocycles. The molecule has 0 fully saturated rings. The predicted molar refractivity (Wildman–Crippen MR) is 53.9 cm³/mol. The lowest BCUT2D eigenvalue weighted by molar-refractivity contribution is 0.611. The van der Waals surface area contributed by atoms with Crippen LogP contribution in [0, 0.1) is 0 Å².